The van der Waals surface area contributed by atoms with Gasteiger partial charge in [-0.1, -0.05) is 55.8 Å². The van der Waals surface area contributed by atoms with E-state index in [0.29, 0.717) is 0 Å². The van der Waals surface area contributed by atoms with Crippen molar-refractivity contribution in [1.29, 1.82) is 0 Å². The van der Waals surface area contributed by atoms with Crippen LogP contribution in [-0.4, -0.2) is 13.2 Å². The van der Waals surface area contributed by atoms with Crippen LogP contribution in [0.1, 0.15) is 56.9 Å². The van der Waals surface area contributed by atoms with Crippen LogP contribution in [0.2, 0.25) is 5.02 Å². The number of hydrogen-bond donors (Lipinski definition) is 0. The number of halogens is 1. The Hall–Kier alpha value is -0.530. The second-order valence-corrected chi connectivity index (χ2v) is 6.43. The zero-order chi connectivity index (χ0) is 14.0. The summed E-state index contributed by atoms with van der Waals surface area (Å²) in [7, 11) is 0. The molecule has 2 rings (SSSR count). The molecule has 0 N–H and O–H groups in total. The van der Waals surface area contributed by atoms with E-state index in [9.17, 15) is 0 Å². The Morgan fingerprint density at radius 3 is 2.40 bits per heavy atom. The molecule has 1 fully saturated rings. The van der Waals surface area contributed by atoms with Gasteiger partial charge in [-0.15, -0.1) is 0 Å². The Morgan fingerprint density at radius 1 is 0.950 bits per heavy atom. The third kappa shape index (κ3) is 6.28. The van der Waals surface area contributed by atoms with Gasteiger partial charge in [0.05, 0.1) is 0 Å². The zero-order valence-electron chi connectivity index (χ0n) is 12.5. The third-order valence-electron chi connectivity index (χ3n) is 4.29. The van der Waals surface area contributed by atoms with Gasteiger partial charge in [-0.3, -0.25) is 0 Å². The van der Waals surface area contributed by atoms with Gasteiger partial charge in [-0.05, 0) is 49.3 Å². The molecule has 1 nitrogen and oxygen atoms in total. The van der Waals surface area contributed by atoms with E-state index in [0.717, 1.165) is 37.0 Å². The Kier molecular flexibility index (Phi) is 7.46. The number of aryl methyl sites for hydroxylation is 1. The van der Waals surface area contributed by atoms with Gasteiger partial charge < -0.3 is 4.74 Å². The van der Waals surface area contributed by atoms with Crippen LogP contribution in [0, 0.1) is 5.92 Å². The van der Waals surface area contributed by atoms with E-state index in [4.69, 9.17) is 16.3 Å². The average Bonchev–Trinajstić information content (AvgIpc) is 2.49. The second-order valence-electron chi connectivity index (χ2n) is 5.99. The highest BCUT2D eigenvalue weighted by atomic mass is 35.5. The van der Waals surface area contributed by atoms with Crippen molar-refractivity contribution < 1.29 is 4.74 Å². The highest BCUT2D eigenvalue weighted by molar-refractivity contribution is 6.30. The van der Waals surface area contributed by atoms with Crippen molar-refractivity contribution in [3.63, 3.8) is 0 Å². The van der Waals surface area contributed by atoms with Crippen molar-refractivity contribution in [2.24, 2.45) is 5.92 Å². The minimum absolute atomic E-state index is 0.813. The molecule has 0 heterocycles. The topological polar surface area (TPSA) is 9.23 Å². The van der Waals surface area contributed by atoms with Gasteiger partial charge in [-0.2, -0.15) is 0 Å². The molecule has 0 radical (unpaired) electrons. The predicted octanol–water partition coefficient (Wildman–Crippen LogP) is 5.65. The molecule has 1 aromatic carbocycles. The molecule has 20 heavy (non-hydrogen) atoms. The van der Waals surface area contributed by atoms with Crippen molar-refractivity contribution in [3.8, 4) is 0 Å². The summed E-state index contributed by atoms with van der Waals surface area (Å²) in [5, 5.41) is 0.813. The van der Waals surface area contributed by atoms with Crippen LogP contribution in [-0.2, 0) is 11.2 Å². The fraction of sp³-hybridized carbons (Fsp3) is 0.667. The Labute approximate surface area is 128 Å². The maximum absolute atomic E-state index is 5.87. The molecule has 112 valence electrons. The fourth-order valence-electron chi connectivity index (χ4n) is 3.08. The first-order chi connectivity index (χ1) is 9.84. The van der Waals surface area contributed by atoms with Crippen LogP contribution in [0.4, 0.5) is 0 Å². The molecule has 0 spiro atoms. The van der Waals surface area contributed by atoms with Gasteiger partial charge in [0.1, 0.15) is 0 Å². The van der Waals surface area contributed by atoms with E-state index >= 15 is 0 Å². The second kappa shape index (κ2) is 9.41. The van der Waals surface area contributed by atoms with Crippen LogP contribution in [0.3, 0.4) is 0 Å². The van der Waals surface area contributed by atoms with Gasteiger partial charge in [0.25, 0.3) is 0 Å². The van der Waals surface area contributed by atoms with Crippen LogP contribution in [0.25, 0.3) is 0 Å². The largest absolute Gasteiger partial charge is 0.381 e. The summed E-state index contributed by atoms with van der Waals surface area (Å²) >= 11 is 5.87. The Bertz CT molecular complexity index is 354. The van der Waals surface area contributed by atoms with Gasteiger partial charge in [-0.25, -0.2) is 0 Å². The average molecular weight is 295 g/mol. The van der Waals surface area contributed by atoms with Gasteiger partial charge in [0.2, 0.25) is 0 Å². The minimum Gasteiger partial charge on any atom is -0.381 e. The quantitative estimate of drug-likeness (QED) is 0.563. The Morgan fingerprint density at radius 2 is 1.65 bits per heavy atom. The lowest BCUT2D eigenvalue weighted by molar-refractivity contribution is 0.122. The molecule has 1 aliphatic rings. The first kappa shape index (κ1) is 15.9. The summed E-state index contributed by atoms with van der Waals surface area (Å²) in [6.07, 6.45) is 12.1. The standard InChI is InChI=1S/C18H27ClO/c19-18-12-10-17(11-13-18)9-5-15-20-14-4-8-16-6-2-1-3-7-16/h10-13,16H,1-9,14-15H2. The molecule has 0 bridgehead atoms. The molecule has 0 aromatic heterocycles. The number of ether oxygens (including phenoxy) is 1. The predicted molar refractivity (Wildman–Crippen MR) is 86.4 cm³/mol. The lowest BCUT2D eigenvalue weighted by atomic mass is 9.86. The van der Waals surface area contributed by atoms with E-state index in [1.54, 1.807) is 0 Å². The lowest BCUT2D eigenvalue weighted by Crippen LogP contribution is -2.07. The highest BCUT2D eigenvalue weighted by Gasteiger charge is 2.12. The van der Waals surface area contributed by atoms with E-state index in [2.05, 4.69) is 12.1 Å². The summed E-state index contributed by atoms with van der Waals surface area (Å²) in [6, 6.07) is 8.13. The fourth-order valence-corrected chi connectivity index (χ4v) is 3.21. The van der Waals surface area contributed by atoms with Crippen LogP contribution in [0.5, 0.6) is 0 Å². The van der Waals surface area contributed by atoms with E-state index < -0.39 is 0 Å². The smallest absolute Gasteiger partial charge is 0.0469 e. The molecule has 1 aliphatic carbocycles. The summed E-state index contributed by atoms with van der Waals surface area (Å²) < 4.78 is 5.74. The Balaban J connectivity index is 1.44. The van der Waals surface area contributed by atoms with Crippen molar-refractivity contribution in [2.45, 2.75) is 57.8 Å². The van der Waals surface area contributed by atoms with Gasteiger partial charge in [0, 0.05) is 18.2 Å². The number of hydrogen-bond acceptors (Lipinski definition) is 1. The monoisotopic (exact) mass is 294 g/mol. The first-order valence-electron chi connectivity index (χ1n) is 8.17. The maximum Gasteiger partial charge on any atom is 0.0469 e. The van der Waals surface area contributed by atoms with Crippen LogP contribution < -0.4 is 0 Å². The van der Waals surface area contributed by atoms with E-state index in [1.165, 1.54) is 50.5 Å². The van der Waals surface area contributed by atoms with Crippen molar-refractivity contribution in [3.05, 3.63) is 34.9 Å². The summed E-state index contributed by atoms with van der Waals surface area (Å²) in [6.45, 7) is 1.82. The van der Waals surface area contributed by atoms with Crippen molar-refractivity contribution in [1.82, 2.24) is 0 Å². The molecule has 0 atom stereocenters. The number of benzene rings is 1. The molecule has 0 saturated heterocycles. The maximum atomic E-state index is 5.87. The third-order valence-corrected chi connectivity index (χ3v) is 4.55. The molecular weight excluding hydrogens is 268 g/mol. The van der Waals surface area contributed by atoms with Crippen LogP contribution in [0.15, 0.2) is 24.3 Å². The molecule has 0 amide bonds. The SMILES string of the molecule is Clc1ccc(CCCOCCCC2CCCCC2)cc1. The minimum atomic E-state index is 0.813. The van der Waals surface area contributed by atoms with Crippen molar-refractivity contribution in [2.75, 3.05) is 13.2 Å². The molecule has 2 heteroatoms. The molecule has 0 unspecified atom stereocenters. The number of rotatable bonds is 8. The molecule has 1 saturated carbocycles. The molecular formula is C18H27ClO. The summed E-state index contributed by atoms with van der Waals surface area (Å²) in [5.74, 6) is 0.987. The van der Waals surface area contributed by atoms with Gasteiger partial charge >= 0.3 is 0 Å². The zero-order valence-corrected chi connectivity index (χ0v) is 13.2. The van der Waals surface area contributed by atoms with Gasteiger partial charge in [0.15, 0.2) is 0 Å². The summed E-state index contributed by atoms with van der Waals surface area (Å²) in [4.78, 5) is 0. The van der Waals surface area contributed by atoms with Crippen LogP contribution >= 0.6 is 11.6 Å². The summed E-state index contributed by atoms with van der Waals surface area (Å²) in [5.41, 5.74) is 1.35. The van der Waals surface area contributed by atoms with E-state index in [-0.39, 0.29) is 0 Å². The van der Waals surface area contributed by atoms with Crippen molar-refractivity contribution >= 4 is 11.6 Å². The molecule has 1 aromatic rings. The highest BCUT2D eigenvalue weighted by Crippen LogP contribution is 2.27. The first-order valence-corrected chi connectivity index (χ1v) is 8.54. The molecule has 0 aliphatic heterocycles. The normalized spacial score (nSPS) is 16.4. The lowest BCUT2D eigenvalue weighted by Gasteiger charge is -2.21. The van der Waals surface area contributed by atoms with E-state index in [1.807, 2.05) is 12.1 Å².